The fourth-order valence-corrected chi connectivity index (χ4v) is 6.82. The first-order valence-electron chi connectivity index (χ1n) is 22.4. The lowest BCUT2D eigenvalue weighted by molar-refractivity contribution is -0.302. The van der Waals surface area contributed by atoms with Crippen LogP contribution in [0.3, 0.4) is 0 Å². The molecular weight excluding hydrogens is 695 g/mol. The number of allylic oxidation sites excluding steroid dienone is 7. The Hall–Kier alpha value is -1.85. The molecule has 1 heterocycles. The third kappa shape index (κ3) is 27.4. The molecule has 7 atom stereocenters. The quantitative estimate of drug-likeness (QED) is 0.0273. The van der Waals surface area contributed by atoms with E-state index in [-0.39, 0.29) is 12.5 Å². The minimum Gasteiger partial charge on any atom is -0.394 e. The van der Waals surface area contributed by atoms with Crippen molar-refractivity contribution in [3.05, 3.63) is 48.6 Å². The van der Waals surface area contributed by atoms with Crippen molar-refractivity contribution < 1.29 is 39.8 Å². The Morgan fingerprint density at radius 1 is 0.636 bits per heavy atom. The predicted molar refractivity (Wildman–Crippen MR) is 226 cm³/mol. The summed E-state index contributed by atoms with van der Waals surface area (Å²) in [6.45, 7) is 3.64. The van der Waals surface area contributed by atoms with Crippen LogP contribution in [0.5, 0.6) is 0 Å². The predicted octanol–water partition coefficient (Wildman–Crippen LogP) is 9.06. The lowest BCUT2D eigenvalue weighted by atomic mass is 9.99. The highest BCUT2D eigenvalue weighted by atomic mass is 16.7. The van der Waals surface area contributed by atoms with Gasteiger partial charge in [0.2, 0.25) is 5.91 Å². The lowest BCUT2D eigenvalue weighted by Crippen LogP contribution is -2.60. The Bertz CT molecular complexity index is 998. The molecule has 0 aromatic heterocycles. The summed E-state index contributed by atoms with van der Waals surface area (Å²) in [6, 6.07) is -0.809. The molecule has 55 heavy (non-hydrogen) atoms. The summed E-state index contributed by atoms with van der Waals surface area (Å²) in [6.07, 6.45) is 38.6. The fraction of sp³-hybridized carbons (Fsp3) is 0.804. The van der Waals surface area contributed by atoms with Gasteiger partial charge >= 0.3 is 0 Å². The average Bonchev–Trinajstić information content (AvgIpc) is 3.18. The van der Waals surface area contributed by atoms with Gasteiger partial charge in [0.05, 0.1) is 25.4 Å². The number of amides is 1. The van der Waals surface area contributed by atoms with Gasteiger partial charge in [0.25, 0.3) is 0 Å². The summed E-state index contributed by atoms with van der Waals surface area (Å²) in [5.41, 5.74) is 0. The van der Waals surface area contributed by atoms with Crippen molar-refractivity contribution >= 4 is 5.91 Å². The van der Waals surface area contributed by atoms with Crippen LogP contribution in [0.1, 0.15) is 181 Å². The number of ether oxygens (including phenoxy) is 2. The second-order valence-electron chi connectivity index (χ2n) is 15.5. The van der Waals surface area contributed by atoms with Crippen molar-refractivity contribution in [2.45, 2.75) is 224 Å². The molecule has 1 fully saturated rings. The van der Waals surface area contributed by atoms with Gasteiger partial charge in [-0.25, -0.2) is 0 Å². The zero-order valence-electron chi connectivity index (χ0n) is 34.9. The summed E-state index contributed by atoms with van der Waals surface area (Å²) < 4.78 is 11.2. The Morgan fingerprint density at radius 2 is 1.13 bits per heavy atom. The first kappa shape index (κ1) is 51.2. The molecule has 0 radical (unpaired) electrons. The summed E-state index contributed by atoms with van der Waals surface area (Å²) in [5, 5.41) is 54.1. The maximum atomic E-state index is 12.9. The van der Waals surface area contributed by atoms with Crippen LogP contribution >= 0.6 is 0 Å². The van der Waals surface area contributed by atoms with Crippen LogP contribution in [0.2, 0.25) is 0 Å². The van der Waals surface area contributed by atoms with Gasteiger partial charge in [0.15, 0.2) is 6.29 Å². The first-order chi connectivity index (χ1) is 26.8. The van der Waals surface area contributed by atoms with Gasteiger partial charge in [-0.3, -0.25) is 4.79 Å². The van der Waals surface area contributed by atoms with Crippen molar-refractivity contribution in [3.8, 4) is 0 Å². The number of unbranched alkanes of at least 4 members (excludes halogenated alkanes) is 20. The standard InChI is InChI=1S/C46H83NO8/c1-3-5-7-9-11-13-15-17-19-20-22-24-26-28-30-32-34-36-42(50)47-39(38-54-46-45(53)44(52)43(51)41(37-48)55-46)40(49)35-33-31-29-27-25-23-21-18-16-14-12-10-8-6-4-2/h5,7,11,13,17,19,33,35,39-41,43-46,48-49,51-53H,3-4,6,8-10,12,14-16,18,20-32,34,36-38H2,1-2H3,(H,47,50)/b7-5-,13-11-,19-17-,35-33+. The van der Waals surface area contributed by atoms with Crippen molar-refractivity contribution in [1.82, 2.24) is 5.32 Å². The van der Waals surface area contributed by atoms with Crippen molar-refractivity contribution in [3.63, 3.8) is 0 Å². The number of nitrogens with one attached hydrogen (secondary N) is 1. The molecule has 0 bridgehead atoms. The van der Waals surface area contributed by atoms with Crippen molar-refractivity contribution in [2.24, 2.45) is 0 Å². The molecule has 1 aliphatic rings. The molecule has 1 saturated heterocycles. The number of hydrogen-bond donors (Lipinski definition) is 6. The van der Waals surface area contributed by atoms with E-state index in [2.05, 4.69) is 55.6 Å². The topological polar surface area (TPSA) is 149 Å². The van der Waals surface area contributed by atoms with Crippen molar-refractivity contribution in [1.29, 1.82) is 0 Å². The molecule has 1 aliphatic heterocycles. The number of aliphatic hydroxyl groups is 5. The van der Waals surface area contributed by atoms with Crippen LogP contribution in [0, 0.1) is 0 Å². The molecule has 0 aromatic rings. The van der Waals surface area contributed by atoms with Crippen molar-refractivity contribution in [2.75, 3.05) is 13.2 Å². The van der Waals surface area contributed by atoms with E-state index in [1.54, 1.807) is 6.08 Å². The Kier molecular flexibility index (Phi) is 33.9. The number of aliphatic hydroxyl groups excluding tert-OH is 5. The van der Waals surface area contributed by atoms with Crippen LogP contribution in [-0.4, -0.2) is 87.5 Å². The molecule has 9 nitrogen and oxygen atoms in total. The van der Waals surface area contributed by atoms with Gasteiger partial charge in [0.1, 0.15) is 24.4 Å². The molecule has 1 rings (SSSR count). The molecule has 0 aromatic carbocycles. The third-order valence-electron chi connectivity index (χ3n) is 10.4. The van der Waals surface area contributed by atoms with Crippen LogP contribution in [0.15, 0.2) is 48.6 Å². The van der Waals surface area contributed by atoms with Gasteiger partial charge in [0, 0.05) is 6.42 Å². The Labute approximate surface area is 335 Å². The highest BCUT2D eigenvalue weighted by Gasteiger charge is 2.44. The highest BCUT2D eigenvalue weighted by molar-refractivity contribution is 5.76. The Morgan fingerprint density at radius 3 is 1.67 bits per heavy atom. The van der Waals surface area contributed by atoms with E-state index in [4.69, 9.17) is 9.47 Å². The third-order valence-corrected chi connectivity index (χ3v) is 10.4. The Balaban J connectivity index is 2.38. The number of hydrogen-bond acceptors (Lipinski definition) is 8. The minimum absolute atomic E-state index is 0.189. The van der Waals surface area contributed by atoms with Gasteiger partial charge in [-0.1, -0.05) is 172 Å². The number of rotatable bonds is 36. The average molecular weight is 778 g/mol. The zero-order valence-corrected chi connectivity index (χ0v) is 34.9. The van der Waals surface area contributed by atoms with Gasteiger partial charge in [-0.05, 0) is 51.4 Å². The molecule has 0 saturated carbocycles. The molecule has 1 amide bonds. The summed E-state index contributed by atoms with van der Waals surface area (Å²) >= 11 is 0. The van der Waals surface area contributed by atoms with Crippen LogP contribution < -0.4 is 5.32 Å². The molecule has 0 aliphatic carbocycles. The van der Waals surface area contributed by atoms with Crippen LogP contribution in [0.4, 0.5) is 0 Å². The summed E-state index contributed by atoms with van der Waals surface area (Å²) in [5.74, 6) is -0.189. The smallest absolute Gasteiger partial charge is 0.220 e. The van der Waals surface area contributed by atoms with E-state index >= 15 is 0 Å². The van der Waals surface area contributed by atoms with E-state index in [0.29, 0.717) is 6.42 Å². The normalized spacial score (nSPS) is 21.8. The van der Waals surface area contributed by atoms with Crippen LogP contribution in [-0.2, 0) is 14.3 Å². The van der Waals surface area contributed by atoms with E-state index in [1.165, 1.54) is 89.9 Å². The second kappa shape index (κ2) is 36.5. The van der Waals surface area contributed by atoms with E-state index in [0.717, 1.165) is 70.6 Å². The van der Waals surface area contributed by atoms with E-state index in [1.807, 2.05) is 6.08 Å². The molecule has 6 N–H and O–H groups in total. The van der Waals surface area contributed by atoms with Gasteiger partial charge < -0.3 is 40.3 Å². The van der Waals surface area contributed by atoms with Gasteiger partial charge in [-0.2, -0.15) is 0 Å². The first-order valence-corrected chi connectivity index (χ1v) is 22.4. The minimum atomic E-state index is -1.57. The monoisotopic (exact) mass is 778 g/mol. The summed E-state index contributed by atoms with van der Waals surface area (Å²) in [7, 11) is 0. The molecule has 320 valence electrons. The molecule has 7 unspecified atom stereocenters. The molecule has 9 heteroatoms. The largest absolute Gasteiger partial charge is 0.394 e. The SMILES string of the molecule is CC/C=C\C/C=C\C/C=C\CCCCCCCCCC(=O)NC(COC1OC(CO)C(O)C(O)C1O)C(O)/C=C/CCCCCCCCCCCCCCC. The highest BCUT2D eigenvalue weighted by Crippen LogP contribution is 2.22. The molecule has 0 spiro atoms. The lowest BCUT2D eigenvalue weighted by Gasteiger charge is -2.40. The summed E-state index contributed by atoms with van der Waals surface area (Å²) in [4.78, 5) is 12.9. The van der Waals surface area contributed by atoms with Crippen LogP contribution in [0.25, 0.3) is 0 Å². The maximum absolute atomic E-state index is 12.9. The number of carbonyl (C=O) groups excluding carboxylic acids is 1. The second-order valence-corrected chi connectivity index (χ2v) is 15.5. The fourth-order valence-electron chi connectivity index (χ4n) is 6.82. The van der Waals surface area contributed by atoms with E-state index in [9.17, 15) is 30.3 Å². The molecular formula is C46H83NO8. The zero-order chi connectivity index (χ0) is 40.2. The van der Waals surface area contributed by atoms with Gasteiger partial charge in [-0.15, -0.1) is 0 Å². The maximum Gasteiger partial charge on any atom is 0.220 e. The number of carbonyl (C=O) groups is 1. The van der Waals surface area contributed by atoms with E-state index < -0.39 is 49.5 Å².